The average Bonchev–Trinajstić information content (AvgIpc) is 3.24. The highest BCUT2D eigenvalue weighted by Crippen LogP contribution is 2.49. The third kappa shape index (κ3) is 4.00. The van der Waals surface area contributed by atoms with Crippen LogP contribution < -0.4 is 5.32 Å². The minimum atomic E-state index is -4.40. The second kappa shape index (κ2) is 7.58. The molecule has 2 bridgehead atoms. The van der Waals surface area contributed by atoms with Crippen molar-refractivity contribution in [1.29, 1.82) is 0 Å². The summed E-state index contributed by atoms with van der Waals surface area (Å²) in [6, 6.07) is 5.27. The topological polar surface area (TPSA) is 42.0 Å². The van der Waals surface area contributed by atoms with E-state index in [0.717, 1.165) is 24.5 Å². The number of hydrogen-bond donors (Lipinski definition) is 1. The molecule has 4 rings (SSSR count). The highest BCUT2D eigenvalue weighted by Gasteiger charge is 2.40. The van der Waals surface area contributed by atoms with Gasteiger partial charge in [0.05, 0.1) is 16.8 Å². The Morgan fingerprint density at radius 3 is 2.71 bits per heavy atom. The van der Waals surface area contributed by atoms with Crippen molar-refractivity contribution in [2.45, 2.75) is 50.2 Å². The number of thioether (sulfide) groups is 1. The molecule has 0 radical (unpaired) electrons. The highest BCUT2D eigenvalue weighted by molar-refractivity contribution is 7.99. The molecule has 1 N–H and O–H groups in total. The van der Waals surface area contributed by atoms with Crippen molar-refractivity contribution < 1.29 is 18.0 Å². The van der Waals surface area contributed by atoms with Crippen LogP contribution in [0.1, 0.15) is 44.6 Å². The summed E-state index contributed by atoms with van der Waals surface area (Å²) in [6.45, 7) is 1.95. The third-order valence-corrected chi connectivity index (χ3v) is 6.87. The van der Waals surface area contributed by atoms with Crippen molar-refractivity contribution in [1.82, 2.24) is 4.98 Å². The molecule has 1 aromatic heterocycles. The lowest BCUT2D eigenvalue weighted by Crippen LogP contribution is -2.20. The van der Waals surface area contributed by atoms with E-state index in [4.69, 9.17) is 0 Å². The number of benzene rings is 1. The molecule has 2 saturated carbocycles. The van der Waals surface area contributed by atoms with Crippen molar-refractivity contribution in [3.63, 3.8) is 0 Å². The predicted molar refractivity (Wildman–Crippen MR) is 105 cm³/mol. The molecule has 3 unspecified atom stereocenters. The minimum absolute atomic E-state index is 0.0245. The number of alkyl halides is 3. The van der Waals surface area contributed by atoms with Gasteiger partial charge in [-0.1, -0.05) is 19.4 Å². The Kier molecular flexibility index (Phi) is 5.29. The molecular formula is C21H23F3N2OS. The van der Waals surface area contributed by atoms with E-state index in [9.17, 15) is 18.0 Å². The molecule has 3 atom stereocenters. The van der Waals surface area contributed by atoms with Gasteiger partial charge in [-0.05, 0) is 61.0 Å². The number of carbonyl (C=O) groups is 1. The van der Waals surface area contributed by atoms with Crippen LogP contribution in [0.4, 0.5) is 18.9 Å². The highest BCUT2D eigenvalue weighted by atomic mass is 32.2. The number of rotatable bonds is 5. The monoisotopic (exact) mass is 408 g/mol. The number of hydrogen-bond acceptors (Lipinski definition) is 3. The van der Waals surface area contributed by atoms with Crippen molar-refractivity contribution in [2.24, 2.45) is 17.8 Å². The SMILES string of the molecule is CCSc1nc2cc(C(F)(F)F)ccc2cc1NC(=O)CC1CC2CCC1C2. The van der Waals surface area contributed by atoms with Gasteiger partial charge < -0.3 is 5.32 Å². The molecule has 0 aliphatic heterocycles. The van der Waals surface area contributed by atoms with E-state index in [2.05, 4.69) is 10.3 Å². The fourth-order valence-corrected chi connectivity index (χ4v) is 5.43. The molecule has 1 heterocycles. The summed E-state index contributed by atoms with van der Waals surface area (Å²) in [6.07, 6.45) is 1.05. The Morgan fingerprint density at radius 1 is 1.25 bits per heavy atom. The van der Waals surface area contributed by atoms with E-state index < -0.39 is 11.7 Å². The molecule has 1 amide bonds. The van der Waals surface area contributed by atoms with Crippen LogP contribution in [0.3, 0.4) is 0 Å². The van der Waals surface area contributed by atoms with Gasteiger partial charge in [-0.15, -0.1) is 11.8 Å². The van der Waals surface area contributed by atoms with Crippen molar-refractivity contribution in [3.8, 4) is 0 Å². The van der Waals surface area contributed by atoms with Gasteiger partial charge in [-0.25, -0.2) is 4.98 Å². The zero-order valence-corrected chi connectivity index (χ0v) is 16.5. The molecular weight excluding hydrogens is 385 g/mol. The lowest BCUT2D eigenvalue weighted by Gasteiger charge is -2.21. The number of nitrogens with one attached hydrogen (secondary N) is 1. The summed E-state index contributed by atoms with van der Waals surface area (Å²) in [5, 5.41) is 4.13. The zero-order chi connectivity index (χ0) is 19.9. The van der Waals surface area contributed by atoms with Gasteiger partial charge >= 0.3 is 6.18 Å². The summed E-state index contributed by atoms with van der Waals surface area (Å²) in [5.74, 6) is 2.62. The summed E-state index contributed by atoms with van der Waals surface area (Å²) in [5.41, 5.74) is 0.164. The second-order valence-electron chi connectivity index (χ2n) is 7.87. The van der Waals surface area contributed by atoms with Crippen molar-refractivity contribution in [2.75, 3.05) is 11.1 Å². The summed E-state index contributed by atoms with van der Waals surface area (Å²) >= 11 is 1.42. The molecule has 0 saturated heterocycles. The van der Waals surface area contributed by atoms with Crippen LogP contribution in [-0.4, -0.2) is 16.6 Å². The summed E-state index contributed by atoms with van der Waals surface area (Å²) in [7, 11) is 0. The molecule has 2 aromatic rings. The van der Waals surface area contributed by atoms with E-state index in [1.165, 1.54) is 37.1 Å². The largest absolute Gasteiger partial charge is 0.416 e. The fourth-order valence-electron chi connectivity index (χ4n) is 4.73. The Balaban J connectivity index is 1.56. The molecule has 7 heteroatoms. The van der Waals surface area contributed by atoms with Gasteiger partial charge in [0.1, 0.15) is 5.03 Å². The van der Waals surface area contributed by atoms with Crippen LogP contribution in [0.2, 0.25) is 0 Å². The van der Waals surface area contributed by atoms with Crippen LogP contribution in [0.25, 0.3) is 10.9 Å². The van der Waals surface area contributed by atoms with E-state index in [0.29, 0.717) is 40.1 Å². The number of anilines is 1. The molecule has 3 nitrogen and oxygen atoms in total. The number of amides is 1. The van der Waals surface area contributed by atoms with Gasteiger partial charge in [-0.3, -0.25) is 4.79 Å². The predicted octanol–water partition coefficient (Wildman–Crippen LogP) is 6.13. The Labute approximate surface area is 166 Å². The first-order valence-corrected chi connectivity index (χ1v) is 10.8. The van der Waals surface area contributed by atoms with Crippen molar-refractivity contribution in [3.05, 3.63) is 29.8 Å². The average molecular weight is 408 g/mol. The summed E-state index contributed by atoms with van der Waals surface area (Å²) < 4.78 is 38.9. The van der Waals surface area contributed by atoms with E-state index >= 15 is 0 Å². The number of nitrogens with zero attached hydrogens (tertiary/aromatic N) is 1. The Bertz CT molecular complexity index is 899. The second-order valence-corrected chi connectivity index (χ2v) is 9.12. The fraction of sp³-hybridized carbons (Fsp3) is 0.524. The van der Waals surface area contributed by atoms with Crippen LogP contribution in [0.15, 0.2) is 29.3 Å². The first-order chi connectivity index (χ1) is 13.3. The van der Waals surface area contributed by atoms with Gasteiger partial charge in [0.15, 0.2) is 0 Å². The third-order valence-electron chi connectivity index (χ3n) is 6.00. The number of fused-ring (bicyclic) bond motifs is 3. The molecule has 150 valence electrons. The van der Waals surface area contributed by atoms with Crippen LogP contribution in [-0.2, 0) is 11.0 Å². The number of carbonyl (C=O) groups excluding carboxylic acids is 1. The number of pyridine rings is 1. The quantitative estimate of drug-likeness (QED) is 0.605. The van der Waals surface area contributed by atoms with Crippen LogP contribution in [0.5, 0.6) is 0 Å². The van der Waals surface area contributed by atoms with Gasteiger partial charge in [-0.2, -0.15) is 13.2 Å². The first-order valence-electron chi connectivity index (χ1n) is 9.78. The molecule has 2 aliphatic rings. The smallest absolute Gasteiger partial charge is 0.324 e. The zero-order valence-electron chi connectivity index (χ0n) is 15.7. The maximum absolute atomic E-state index is 13.0. The van der Waals surface area contributed by atoms with E-state index in [-0.39, 0.29) is 11.4 Å². The van der Waals surface area contributed by atoms with E-state index in [1.807, 2.05) is 6.92 Å². The maximum Gasteiger partial charge on any atom is 0.416 e. The number of aromatic nitrogens is 1. The van der Waals surface area contributed by atoms with Gasteiger partial charge in [0.2, 0.25) is 5.91 Å². The van der Waals surface area contributed by atoms with Gasteiger partial charge in [0.25, 0.3) is 0 Å². The molecule has 2 aliphatic carbocycles. The first kappa shape index (κ1) is 19.6. The Morgan fingerprint density at radius 2 is 2.07 bits per heavy atom. The molecule has 2 fully saturated rings. The Hall–Kier alpha value is -1.76. The molecule has 28 heavy (non-hydrogen) atoms. The molecule has 1 aromatic carbocycles. The van der Waals surface area contributed by atoms with Crippen molar-refractivity contribution >= 4 is 34.3 Å². The molecule has 0 spiro atoms. The lowest BCUT2D eigenvalue weighted by atomic mass is 9.86. The standard InChI is InChI=1S/C21H23F3N2OS/c1-2-28-20-18(25-19(27)10-15-8-12-3-4-13(15)7-12)9-14-5-6-16(21(22,23)24)11-17(14)26-20/h5-6,9,11-13,15H,2-4,7-8,10H2,1H3,(H,25,27). The maximum atomic E-state index is 13.0. The summed E-state index contributed by atoms with van der Waals surface area (Å²) in [4.78, 5) is 17.0. The number of halogens is 3. The van der Waals surface area contributed by atoms with Crippen LogP contribution in [0, 0.1) is 17.8 Å². The van der Waals surface area contributed by atoms with Gasteiger partial charge in [0, 0.05) is 11.8 Å². The van der Waals surface area contributed by atoms with E-state index in [1.54, 1.807) is 6.07 Å². The normalized spacial score (nSPS) is 24.1. The lowest BCUT2D eigenvalue weighted by molar-refractivity contribution is -0.137. The minimum Gasteiger partial charge on any atom is -0.324 e. The van der Waals surface area contributed by atoms with Crippen LogP contribution >= 0.6 is 11.8 Å².